The molecule has 0 saturated carbocycles. The van der Waals surface area contributed by atoms with Crippen LogP contribution in [-0.4, -0.2) is 34.9 Å². The Balaban J connectivity index is 1.61. The van der Waals surface area contributed by atoms with Crippen molar-refractivity contribution in [2.24, 2.45) is 11.8 Å². The lowest BCUT2D eigenvalue weighted by atomic mass is 9.85. The third-order valence-corrected chi connectivity index (χ3v) is 5.06. The summed E-state index contributed by atoms with van der Waals surface area (Å²) in [5.41, 5.74) is 3.03. The number of rotatable bonds is 4. The number of carbonyl (C=O) groups excluding carboxylic acids is 1. The Morgan fingerprint density at radius 2 is 1.83 bits per heavy atom. The van der Waals surface area contributed by atoms with E-state index in [0.717, 1.165) is 30.9 Å². The highest BCUT2D eigenvalue weighted by molar-refractivity contribution is 5.95. The van der Waals surface area contributed by atoms with Crippen LogP contribution < -0.4 is 5.32 Å². The molecule has 4 nitrogen and oxygen atoms in total. The van der Waals surface area contributed by atoms with Crippen molar-refractivity contribution >= 4 is 5.91 Å². The van der Waals surface area contributed by atoms with Crippen LogP contribution in [-0.2, 0) is 6.54 Å². The molecule has 0 spiro atoms. The quantitative estimate of drug-likeness (QED) is 0.907. The van der Waals surface area contributed by atoms with Gasteiger partial charge < -0.3 is 10.3 Å². The molecule has 3 atom stereocenters. The SMILES string of the molecule is Cc1[nH]ccc1C(=O)NC1[C@H](C)CN(Cc2ccccc2)C[C@@H]1C. The Morgan fingerprint density at radius 1 is 1.17 bits per heavy atom. The van der Waals surface area contributed by atoms with E-state index in [-0.39, 0.29) is 11.9 Å². The van der Waals surface area contributed by atoms with E-state index in [4.69, 9.17) is 0 Å². The molecule has 3 rings (SSSR count). The summed E-state index contributed by atoms with van der Waals surface area (Å²) in [6.07, 6.45) is 1.82. The first-order chi connectivity index (χ1) is 11.5. The number of aryl methyl sites for hydroxylation is 1. The van der Waals surface area contributed by atoms with Crippen LogP contribution in [0.1, 0.15) is 35.5 Å². The molecule has 1 aromatic carbocycles. The second-order valence-electron chi connectivity index (χ2n) is 7.15. The van der Waals surface area contributed by atoms with Gasteiger partial charge in [0.1, 0.15) is 0 Å². The number of piperidine rings is 1. The zero-order valence-corrected chi connectivity index (χ0v) is 14.8. The van der Waals surface area contributed by atoms with Crippen LogP contribution in [0.3, 0.4) is 0 Å². The smallest absolute Gasteiger partial charge is 0.253 e. The van der Waals surface area contributed by atoms with Gasteiger partial charge in [-0.2, -0.15) is 0 Å². The average Bonchev–Trinajstić information content (AvgIpc) is 2.98. The molecule has 2 aromatic rings. The molecule has 1 unspecified atom stereocenters. The number of benzene rings is 1. The van der Waals surface area contributed by atoms with E-state index in [1.807, 2.05) is 19.2 Å². The van der Waals surface area contributed by atoms with E-state index in [2.05, 4.69) is 59.4 Å². The molecule has 128 valence electrons. The van der Waals surface area contributed by atoms with Crippen LogP contribution in [0.15, 0.2) is 42.6 Å². The van der Waals surface area contributed by atoms with Crippen molar-refractivity contribution in [3.8, 4) is 0 Å². The van der Waals surface area contributed by atoms with Crippen LogP contribution in [0.5, 0.6) is 0 Å². The number of likely N-dealkylation sites (tertiary alicyclic amines) is 1. The van der Waals surface area contributed by atoms with E-state index >= 15 is 0 Å². The molecule has 2 N–H and O–H groups in total. The van der Waals surface area contributed by atoms with Crippen LogP contribution >= 0.6 is 0 Å². The number of hydrogen-bond acceptors (Lipinski definition) is 2. The van der Waals surface area contributed by atoms with E-state index in [1.165, 1.54) is 5.56 Å². The number of H-pyrrole nitrogens is 1. The van der Waals surface area contributed by atoms with Crippen molar-refractivity contribution in [1.29, 1.82) is 0 Å². The predicted octanol–water partition coefficient (Wildman–Crippen LogP) is 3.21. The van der Waals surface area contributed by atoms with Crippen molar-refractivity contribution in [3.05, 3.63) is 59.4 Å². The predicted molar refractivity (Wildman–Crippen MR) is 96.8 cm³/mol. The molecule has 1 amide bonds. The summed E-state index contributed by atoms with van der Waals surface area (Å²) >= 11 is 0. The van der Waals surface area contributed by atoms with E-state index < -0.39 is 0 Å². The molecule has 4 heteroatoms. The first-order valence-electron chi connectivity index (χ1n) is 8.75. The van der Waals surface area contributed by atoms with Crippen molar-refractivity contribution in [2.75, 3.05) is 13.1 Å². The number of hydrogen-bond donors (Lipinski definition) is 2. The monoisotopic (exact) mass is 325 g/mol. The number of nitrogens with one attached hydrogen (secondary N) is 2. The molecule has 0 bridgehead atoms. The standard InChI is InChI=1S/C20H27N3O/c1-14-11-23(13-17-7-5-4-6-8-17)12-15(2)19(14)22-20(24)18-9-10-21-16(18)3/h4-10,14-15,19,21H,11-13H2,1-3H3,(H,22,24)/t14-,15+,19?. The summed E-state index contributed by atoms with van der Waals surface area (Å²) in [4.78, 5) is 18.1. The number of nitrogens with zero attached hydrogens (tertiary/aromatic N) is 1. The van der Waals surface area contributed by atoms with Gasteiger partial charge in [0, 0.05) is 37.6 Å². The second-order valence-corrected chi connectivity index (χ2v) is 7.15. The van der Waals surface area contributed by atoms with Gasteiger partial charge in [0.25, 0.3) is 5.91 Å². The van der Waals surface area contributed by atoms with Gasteiger partial charge in [-0.05, 0) is 30.4 Å². The summed E-state index contributed by atoms with van der Waals surface area (Å²) in [5, 5.41) is 3.26. The molecular formula is C20H27N3O. The highest BCUT2D eigenvalue weighted by Gasteiger charge is 2.33. The van der Waals surface area contributed by atoms with Crippen LogP contribution in [0.4, 0.5) is 0 Å². The minimum absolute atomic E-state index is 0.0361. The Labute approximate surface area is 144 Å². The highest BCUT2D eigenvalue weighted by atomic mass is 16.1. The molecule has 1 aliphatic rings. The van der Waals surface area contributed by atoms with Gasteiger partial charge in [0.2, 0.25) is 0 Å². The van der Waals surface area contributed by atoms with Crippen LogP contribution in [0.25, 0.3) is 0 Å². The third-order valence-electron chi connectivity index (χ3n) is 5.06. The highest BCUT2D eigenvalue weighted by Crippen LogP contribution is 2.24. The number of carbonyl (C=O) groups is 1. The lowest BCUT2D eigenvalue weighted by molar-refractivity contribution is 0.0732. The fourth-order valence-corrected chi connectivity index (χ4v) is 3.86. The van der Waals surface area contributed by atoms with Gasteiger partial charge in [-0.3, -0.25) is 9.69 Å². The van der Waals surface area contributed by atoms with Crippen LogP contribution in [0.2, 0.25) is 0 Å². The fourth-order valence-electron chi connectivity index (χ4n) is 3.86. The van der Waals surface area contributed by atoms with Gasteiger partial charge >= 0.3 is 0 Å². The fraction of sp³-hybridized carbons (Fsp3) is 0.450. The first kappa shape index (κ1) is 16.8. The largest absolute Gasteiger partial charge is 0.365 e. The third kappa shape index (κ3) is 3.70. The number of aromatic amines is 1. The van der Waals surface area contributed by atoms with Crippen molar-refractivity contribution < 1.29 is 4.79 Å². The van der Waals surface area contributed by atoms with E-state index in [0.29, 0.717) is 11.8 Å². The van der Waals surface area contributed by atoms with E-state index in [9.17, 15) is 4.79 Å². The Bertz CT molecular complexity index is 667. The molecule has 1 saturated heterocycles. The summed E-state index contributed by atoms with van der Waals surface area (Å²) in [7, 11) is 0. The van der Waals surface area contributed by atoms with Crippen molar-refractivity contribution in [1.82, 2.24) is 15.2 Å². The van der Waals surface area contributed by atoms with Crippen molar-refractivity contribution in [3.63, 3.8) is 0 Å². The normalized spacial score (nSPS) is 24.7. The van der Waals surface area contributed by atoms with Crippen molar-refractivity contribution in [2.45, 2.75) is 33.4 Å². The number of amides is 1. The average molecular weight is 325 g/mol. The minimum atomic E-state index is 0.0361. The lowest BCUT2D eigenvalue weighted by Crippen LogP contribution is -2.54. The Hall–Kier alpha value is -2.07. The summed E-state index contributed by atoms with van der Waals surface area (Å²) in [6, 6.07) is 12.7. The molecular weight excluding hydrogens is 298 g/mol. The molecule has 24 heavy (non-hydrogen) atoms. The summed E-state index contributed by atoms with van der Waals surface area (Å²) < 4.78 is 0. The zero-order valence-electron chi connectivity index (χ0n) is 14.8. The molecule has 0 aliphatic carbocycles. The molecule has 1 aromatic heterocycles. The lowest BCUT2D eigenvalue weighted by Gasteiger charge is -2.41. The molecule has 1 aliphatic heterocycles. The maximum atomic E-state index is 12.5. The molecule has 2 heterocycles. The molecule has 0 radical (unpaired) electrons. The van der Waals surface area contributed by atoms with Gasteiger partial charge in [-0.15, -0.1) is 0 Å². The maximum absolute atomic E-state index is 12.5. The number of aromatic nitrogens is 1. The van der Waals surface area contributed by atoms with E-state index in [1.54, 1.807) is 0 Å². The Kier molecular flexibility index (Phi) is 5.05. The summed E-state index contributed by atoms with van der Waals surface area (Å²) in [5.74, 6) is 0.898. The van der Waals surface area contributed by atoms with Gasteiger partial charge in [0.15, 0.2) is 0 Å². The Morgan fingerprint density at radius 3 is 2.42 bits per heavy atom. The summed E-state index contributed by atoms with van der Waals surface area (Å²) in [6.45, 7) is 9.41. The topological polar surface area (TPSA) is 48.1 Å². The zero-order chi connectivity index (χ0) is 17.1. The molecule has 1 fully saturated rings. The van der Waals surface area contributed by atoms with Gasteiger partial charge in [-0.25, -0.2) is 0 Å². The maximum Gasteiger partial charge on any atom is 0.253 e. The minimum Gasteiger partial charge on any atom is -0.365 e. The van der Waals surface area contributed by atoms with Gasteiger partial charge in [-0.1, -0.05) is 44.2 Å². The van der Waals surface area contributed by atoms with Crippen LogP contribution in [0, 0.1) is 18.8 Å². The van der Waals surface area contributed by atoms with Gasteiger partial charge in [0.05, 0.1) is 5.56 Å². The second kappa shape index (κ2) is 7.22. The first-order valence-corrected chi connectivity index (χ1v) is 8.75.